The highest BCUT2D eigenvalue weighted by molar-refractivity contribution is 7.10. The summed E-state index contributed by atoms with van der Waals surface area (Å²) in [6.45, 7) is 0. The van der Waals surface area contributed by atoms with E-state index in [1.165, 1.54) is 5.56 Å². The number of benzene rings is 2. The first-order chi connectivity index (χ1) is 10.1. The Morgan fingerprint density at radius 2 is 1.71 bits per heavy atom. The summed E-state index contributed by atoms with van der Waals surface area (Å²) in [5.41, 5.74) is 2.84. The fourth-order valence-electron chi connectivity index (χ4n) is 2.01. The maximum Gasteiger partial charge on any atom is 0.152 e. The molecular formula is C16H11Cl2NOS. The number of nitrogens with zero attached hydrogens (tertiary/aromatic N) is 1. The molecule has 21 heavy (non-hydrogen) atoms. The number of hydrogen-bond donors (Lipinski definition) is 1. The standard InChI is InChI=1S/C16H11Cl2NOS/c17-12-7-11(8-13(18)16(12)20)14-9-21-15(19-14)6-10-4-2-1-3-5-10/h1-5,7-9,20H,6H2. The average Bonchev–Trinajstić information content (AvgIpc) is 2.94. The van der Waals surface area contributed by atoms with Gasteiger partial charge >= 0.3 is 0 Å². The van der Waals surface area contributed by atoms with Crippen molar-refractivity contribution in [2.75, 3.05) is 0 Å². The van der Waals surface area contributed by atoms with E-state index in [1.807, 2.05) is 23.6 Å². The van der Waals surface area contributed by atoms with E-state index >= 15 is 0 Å². The molecule has 0 amide bonds. The first-order valence-corrected chi connectivity index (χ1v) is 7.94. The number of aromatic hydroxyl groups is 1. The van der Waals surface area contributed by atoms with Gasteiger partial charge in [-0.1, -0.05) is 53.5 Å². The fourth-order valence-corrected chi connectivity index (χ4v) is 3.33. The Hall–Kier alpha value is -1.55. The second kappa shape index (κ2) is 6.06. The van der Waals surface area contributed by atoms with Crippen LogP contribution in [-0.2, 0) is 6.42 Å². The fraction of sp³-hybridized carbons (Fsp3) is 0.0625. The van der Waals surface area contributed by atoms with Gasteiger partial charge in [0.05, 0.1) is 20.7 Å². The Bertz CT molecular complexity index is 748. The van der Waals surface area contributed by atoms with Gasteiger partial charge in [0.15, 0.2) is 5.75 Å². The summed E-state index contributed by atoms with van der Waals surface area (Å²) in [4.78, 5) is 4.61. The van der Waals surface area contributed by atoms with Crippen molar-refractivity contribution in [2.24, 2.45) is 0 Å². The Morgan fingerprint density at radius 1 is 1.05 bits per heavy atom. The molecule has 0 bridgehead atoms. The van der Waals surface area contributed by atoms with Crippen molar-refractivity contribution in [3.05, 3.63) is 68.5 Å². The Kier molecular flexibility index (Phi) is 4.15. The minimum atomic E-state index is -0.0955. The van der Waals surface area contributed by atoms with E-state index in [-0.39, 0.29) is 15.8 Å². The van der Waals surface area contributed by atoms with Crippen LogP contribution < -0.4 is 0 Å². The molecule has 0 aliphatic carbocycles. The Balaban J connectivity index is 1.88. The first kappa shape index (κ1) is 14.4. The summed E-state index contributed by atoms with van der Waals surface area (Å²) in [5, 5.41) is 13.1. The van der Waals surface area contributed by atoms with Crippen LogP contribution >= 0.6 is 34.5 Å². The topological polar surface area (TPSA) is 33.1 Å². The molecule has 3 aromatic rings. The predicted molar refractivity (Wildman–Crippen MR) is 88.5 cm³/mol. The van der Waals surface area contributed by atoms with Crippen molar-refractivity contribution >= 4 is 34.5 Å². The second-order valence-electron chi connectivity index (χ2n) is 4.58. The SMILES string of the molecule is Oc1c(Cl)cc(-c2csc(Cc3ccccc3)n2)cc1Cl. The predicted octanol–water partition coefficient (Wildman–Crippen LogP) is 5.41. The molecule has 0 saturated carbocycles. The minimum absolute atomic E-state index is 0.0955. The monoisotopic (exact) mass is 335 g/mol. The van der Waals surface area contributed by atoms with Gasteiger partial charge in [0.2, 0.25) is 0 Å². The highest BCUT2D eigenvalue weighted by atomic mass is 35.5. The normalized spacial score (nSPS) is 10.8. The van der Waals surface area contributed by atoms with Gasteiger partial charge in [0.1, 0.15) is 0 Å². The molecule has 5 heteroatoms. The van der Waals surface area contributed by atoms with Crippen molar-refractivity contribution in [1.29, 1.82) is 0 Å². The zero-order valence-corrected chi connectivity index (χ0v) is 13.2. The van der Waals surface area contributed by atoms with E-state index in [9.17, 15) is 5.11 Å². The zero-order valence-electron chi connectivity index (χ0n) is 10.9. The molecule has 0 spiro atoms. The van der Waals surface area contributed by atoms with Crippen LogP contribution in [0.3, 0.4) is 0 Å². The van der Waals surface area contributed by atoms with Gasteiger partial charge in [-0.2, -0.15) is 0 Å². The summed E-state index contributed by atoms with van der Waals surface area (Å²) in [5.74, 6) is -0.0955. The molecular weight excluding hydrogens is 325 g/mol. The van der Waals surface area contributed by atoms with Crippen molar-refractivity contribution < 1.29 is 5.11 Å². The largest absolute Gasteiger partial charge is 0.505 e. The second-order valence-corrected chi connectivity index (χ2v) is 6.33. The number of thiazole rings is 1. The van der Waals surface area contributed by atoms with Crippen LogP contribution in [0, 0.1) is 0 Å². The van der Waals surface area contributed by atoms with Crippen LogP contribution in [0.4, 0.5) is 0 Å². The molecule has 0 aliphatic heterocycles. The van der Waals surface area contributed by atoms with Gasteiger partial charge in [-0.15, -0.1) is 11.3 Å². The summed E-state index contributed by atoms with van der Waals surface area (Å²) in [6, 6.07) is 13.5. The van der Waals surface area contributed by atoms with E-state index in [0.717, 1.165) is 22.7 Å². The van der Waals surface area contributed by atoms with Crippen LogP contribution in [0.5, 0.6) is 5.75 Å². The number of hydrogen-bond acceptors (Lipinski definition) is 3. The van der Waals surface area contributed by atoms with Crippen molar-refractivity contribution in [1.82, 2.24) is 4.98 Å². The average molecular weight is 336 g/mol. The summed E-state index contributed by atoms with van der Waals surface area (Å²) >= 11 is 13.5. The van der Waals surface area contributed by atoms with Gasteiger partial charge in [-0.25, -0.2) is 4.98 Å². The van der Waals surface area contributed by atoms with Gasteiger partial charge in [-0.3, -0.25) is 0 Å². The van der Waals surface area contributed by atoms with Crippen LogP contribution in [0.25, 0.3) is 11.3 Å². The minimum Gasteiger partial charge on any atom is -0.505 e. The zero-order chi connectivity index (χ0) is 14.8. The molecule has 2 aromatic carbocycles. The van der Waals surface area contributed by atoms with Crippen LogP contribution in [0.1, 0.15) is 10.6 Å². The summed E-state index contributed by atoms with van der Waals surface area (Å²) in [6.07, 6.45) is 0.797. The molecule has 0 saturated heterocycles. The molecule has 3 rings (SSSR count). The third kappa shape index (κ3) is 3.21. The van der Waals surface area contributed by atoms with Crippen LogP contribution in [-0.4, -0.2) is 10.1 Å². The van der Waals surface area contributed by atoms with Crippen LogP contribution in [0.2, 0.25) is 10.0 Å². The van der Waals surface area contributed by atoms with Crippen molar-refractivity contribution in [3.63, 3.8) is 0 Å². The lowest BCUT2D eigenvalue weighted by atomic mass is 10.1. The number of aromatic nitrogens is 1. The number of rotatable bonds is 3. The first-order valence-electron chi connectivity index (χ1n) is 6.30. The number of phenols is 1. The van der Waals surface area contributed by atoms with Crippen LogP contribution in [0.15, 0.2) is 47.8 Å². The van der Waals surface area contributed by atoms with E-state index in [2.05, 4.69) is 17.1 Å². The molecule has 1 aromatic heterocycles. The molecule has 0 aliphatic rings. The summed E-state index contributed by atoms with van der Waals surface area (Å²) < 4.78 is 0. The molecule has 0 unspecified atom stereocenters. The molecule has 2 nitrogen and oxygen atoms in total. The van der Waals surface area contributed by atoms with E-state index in [1.54, 1.807) is 23.5 Å². The van der Waals surface area contributed by atoms with Crippen molar-refractivity contribution in [2.45, 2.75) is 6.42 Å². The molecule has 1 heterocycles. The smallest absolute Gasteiger partial charge is 0.152 e. The highest BCUT2D eigenvalue weighted by Crippen LogP contribution is 2.36. The quantitative estimate of drug-likeness (QED) is 0.693. The lowest BCUT2D eigenvalue weighted by Crippen LogP contribution is -1.87. The maximum atomic E-state index is 9.60. The molecule has 106 valence electrons. The van der Waals surface area contributed by atoms with Gasteiger partial charge in [0.25, 0.3) is 0 Å². The summed E-state index contributed by atoms with van der Waals surface area (Å²) in [7, 11) is 0. The third-order valence-electron chi connectivity index (χ3n) is 3.06. The van der Waals surface area contributed by atoms with E-state index in [0.29, 0.717) is 0 Å². The van der Waals surface area contributed by atoms with Gasteiger partial charge < -0.3 is 5.11 Å². The molecule has 0 radical (unpaired) electrons. The molecule has 1 N–H and O–H groups in total. The van der Waals surface area contributed by atoms with Crippen molar-refractivity contribution in [3.8, 4) is 17.0 Å². The lowest BCUT2D eigenvalue weighted by molar-refractivity contribution is 0.476. The maximum absolute atomic E-state index is 9.60. The number of halogens is 2. The van der Waals surface area contributed by atoms with Gasteiger partial charge in [0, 0.05) is 17.4 Å². The molecule has 0 atom stereocenters. The lowest BCUT2D eigenvalue weighted by Gasteiger charge is -2.03. The van der Waals surface area contributed by atoms with E-state index in [4.69, 9.17) is 23.2 Å². The molecule has 0 fully saturated rings. The number of phenolic OH excluding ortho intramolecular Hbond substituents is 1. The Labute approximate surface area is 136 Å². The highest BCUT2D eigenvalue weighted by Gasteiger charge is 2.11. The van der Waals surface area contributed by atoms with E-state index < -0.39 is 0 Å². The third-order valence-corrected chi connectivity index (χ3v) is 4.49. The Morgan fingerprint density at radius 3 is 2.38 bits per heavy atom. The van der Waals surface area contributed by atoms with Gasteiger partial charge in [-0.05, 0) is 17.7 Å².